The van der Waals surface area contributed by atoms with E-state index < -0.39 is 11.3 Å². The zero-order valence-electron chi connectivity index (χ0n) is 22.5. The zero-order chi connectivity index (χ0) is 28.6. The molecule has 0 spiro atoms. The predicted octanol–water partition coefficient (Wildman–Crippen LogP) is 5.28. The molecule has 3 atom stereocenters. The Balaban J connectivity index is 1.05. The van der Waals surface area contributed by atoms with E-state index in [-0.39, 0.29) is 23.9 Å². The summed E-state index contributed by atoms with van der Waals surface area (Å²) in [6, 6.07) is 26.8. The molecule has 42 heavy (non-hydrogen) atoms. The lowest BCUT2D eigenvalue weighted by Gasteiger charge is -2.34. The van der Waals surface area contributed by atoms with Crippen LogP contribution in [0.15, 0.2) is 102 Å². The maximum absolute atomic E-state index is 13.5. The topological polar surface area (TPSA) is 104 Å². The molecule has 0 saturated carbocycles. The molecule has 1 saturated heterocycles. The predicted molar refractivity (Wildman–Crippen MR) is 159 cm³/mol. The molecule has 4 heterocycles. The van der Waals surface area contributed by atoms with E-state index in [0.717, 1.165) is 16.3 Å². The van der Waals surface area contributed by atoms with Crippen molar-refractivity contribution in [3.05, 3.63) is 108 Å². The van der Waals surface area contributed by atoms with Crippen LogP contribution in [0, 0.1) is 0 Å². The summed E-state index contributed by atoms with van der Waals surface area (Å²) in [6.07, 6.45) is 2.34. The van der Waals surface area contributed by atoms with Gasteiger partial charge in [-0.15, -0.1) is 0 Å². The molecule has 2 N–H and O–H groups in total. The summed E-state index contributed by atoms with van der Waals surface area (Å²) in [7, 11) is 0. The van der Waals surface area contributed by atoms with Gasteiger partial charge >= 0.3 is 6.03 Å². The lowest BCUT2D eigenvalue weighted by atomic mass is 9.99. The first kappa shape index (κ1) is 26.1. The van der Waals surface area contributed by atoms with Crippen LogP contribution in [0.3, 0.4) is 0 Å². The Kier molecular flexibility index (Phi) is 6.75. The molecule has 3 aromatic carbocycles. The second kappa shape index (κ2) is 10.9. The summed E-state index contributed by atoms with van der Waals surface area (Å²) in [5, 5.41) is 6.33. The number of pyridine rings is 1. The van der Waals surface area contributed by atoms with E-state index in [4.69, 9.17) is 4.74 Å². The smallest absolute Gasteiger partial charge is 0.327 e. The Morgan fingerprint density at radius 1 is 0.929 bits per heavy atom. The summed E-state index contributed by atoms with van der Waals surface area (Å²) >= 11 is 1.36. The molecule has 1 fully saturated rings. The fourth-order valence-corrected chi connectivity index (χ4v) is 6.91. The molecule has 210 valence electrons. The quantitative estimate of drug-likeness (QED) is 0.323. The number of thioether (sulfide) groups is 1. The number of amides is 4. The first-order valence-corrected chi connectivity index (χ1v) is 14.7. The van der Waals surface area contributed by atoms with Crippen LogP contribution >= 0.6 is 11.8 Å². The summed E-state index contributed by atoms with van der Waals surface area (Å²) in [6.45, 7) is 1.02. The van der Waals surface area contributed by atoms with Gasteiger partial charge < -0.3 is 20.3 Å². The third-order valence-corrected chi connectivity index (χ3v) is 8.97. The number of nitrogens with zero attached hydrogens (tertiary/aromatic N) is 3. The first-order valence-electron chi connectivity index (χ1n) is 13.8. The molecule has 0 bridgehead atoms. The number of hydrogen-bond donors (Lipinski definition) is 2. The Hall–Kier alpha value is -4.83. The summed E-state index contributed by atoms with van der Waals surface area (Å²) in [5.74, 6) is 1.17. The normalized spacial score (nSPS) is 20.6. The molecular formula is C32H27N5O4S. The molecule has 4 aromatic rings. The molecule has 0 radical (unpaired) electrons. The van der Waals surface area contributed by atoms with Crippen molar-refractivity contribution in [2.24, 2.45) is 0 Å². The average molecular weight is 578 g/mol. The molecule has 3 aliphatic rings. The van der Waals surface area contributed by atoms with Crippen LogP contribution in [-0.2, 0) is 4.79 Å². The van der Waals surface area contributed by atoms with Gasteiger partial charge in [0, 0.05) is 36.5 Å². The fraction of sp³-hybridized carbons (Fsp3) is 0.188. The SMILES string of the molecule is O=C(NC1CCN(C(=O)c2ccccc2)C1)[C@@H]1Sc2nccc3c2C1NC(=O)N3c1ccc(Oc2ccccc2)cc1. The van der Waals surface area contributed by atoms with E-state index in [1.54, 1.807) is 28.1 Å². The average Bonchev–Trinajstić information content (AvgIpc) is 3.64. The number of nitrogens with one attached hydrogen (secondary N) is 2. The highest BCUT2D eigenvalue weighted by atomic mass is 32.2. The summed E-state index contributed by atoms with van der Waals surface area (Å²) in [5.41, 5.74) is 2.84. The van der Waals surface area contributed by atoms with E-state index in [0.29, 0.717) is 42.2 Å². The van der Waals surface area contributed by atoms with E-state index in [2.05, 4.69) is 15.6 Å². The highest BCUT2D eigenvalue weighted by molar-refractivity contribution is 8.01. The maximum atomic E-state index is 13.5. The van der Waals surface area contributed by atoms with Gasteiger partial charge in [0.1, 0.15) is 21.8 Å². The molecule has 9 nitrogen and oxygen atoms in total. The lowest BCUT2D eigenvalue weighted by Crippen LogP contribution is -2.50. The number of benzene rings is 3. The molecule has 7 rings (SSSR count). The van der Waals surface area contributed by atoms with Crippen LogP contribution in [0.5, 0.6) is 11.5 Å². The summed E-state index contributed by atoms with van der Waals surface area (Å²) < 4.78 is 5.90. The van der Waals surface area contributed by atoms with Crippen LogP contribution in [0.2, 0.25) is 0 Å². The number of anilines is 2. The number of rotatable bonds is 6. The highest BCUT2D eigenvalue weighted by Crippen LogP contribution is 2.50. The van der Waals surface area contributed by atoms with Gasteiger partial charge in [-0.3, -0.25) is 14.5 Å². The standard InChI is InChI=1S/C32H27N5O4S/c38-29(34-21-16-18-36(19-21)31(39)20-7-3-1-4-8-20)28-27-26-25(15-17-33-30(26)42-28)37(32(40)35-27)22-11-13-24(14-12-22)41-23-9-5-2-6-10-23/h1-15,17,21,27-28H,16,18-19H2,(H,34,38)(H,35,40)/t21?,27?,28-/m1/s1. The van der Waals surface area contributed by atoms with Gasteiger partial charge in [-0.2, -0.15) is 0 Å². The van der Waals surface area contributed by atoms with Gasteiger partial charge in [0.25, 0.3) is 5.91 Å². The van der Waals surface area contributed by atoms with Crippen LogP contribution in [0.4, 0.5) is 16.2 Å². The molecule has 2 unspecified atom stereocenters. The number of para-hydroxylation sites is 1. The van der Waals surface area contributed by atoms with E-state index in [1.165, 1.54) is 11.8 Å². The van der Waals surface area contributed by atoms with Crippen molar-refractivity contribution < 1.29 is 19.1 Å². The van der Waals surface area contributed by atoms with Gasteiger partial charge in [0.05, 0.1) is 17.4 Å². The van der Waals surface area contributed by atoms with E-state index in [1.807, 2.05) is 78.9 Å². The molecule has 4 amide bonds. The highest BCUT2D eigenvalue weighted by Gasteiger charge is 2.47. The van der Waals surface area contributed by atoms with Crippen LogP contribution in [0.25, 0.3) is 0 Å². The van der Waals surface area contributed by atoms with Gasteiger partial charge in [-0.25, -0.2) is 9.78 Å². The number of urea groups is 1. The number of carbonyl (C=O) groups excluding carboxylic acids is 3. The minimum absolute atomic E-state index is 0.0388. The number of aromatic nitrogens is 1. The zero-order valence-corrected chi connectivity index (χ0v) is 23.3. The van der Waals surface area contributed by atoms with E-state index >= 15 is 0 Å². The Morgan fingerprint density at radius 2 is 1.64 bits per heavy atom. The third-order valence-electron chi connectivity index (χ3n) is 7.68. The van der Waals surface area contributed by atoms with Gasteiger partial charge in [0.15, 0.2) is 0 Å². The van der Waals surface area contributed by atoms with Gasteiger partial charge in [-0.05, 0) is 61.0 Å². The fourth-order valence-electron chi connectivity index (χ4n) is 5.68. The second-order valence-electron chi connectivity index (χ2n) is 10.4. The minimum atomic E-state index is -0.569. The van der Waals surface area contributed by atoms with Crippen molar-refractivity contribution in [1.29, 1.82) is 0 Å². The molecule has 1 aromatic heterocycles. The number of hydrogen-bond acceptors (Lipinski definition) is 6. The van der Waals surface area contributed by atoms with Crippen molar-refractivity contribution in [3.8, 4) is 11.5 Å². The Bertz CT molecular complexity index is 1650. The molecule has 3 aliphatic heterocycles. The second-order valence-corrected chi connectivity index (χ2v) is 11.5. The van der Waals surface area contributed by atoms with Crippen molar-refractivity contribution in [3.63, 3.8) is 0 Å². The monoisotopic (exact) mass is 577 g/mol. The van der Waals surface area contributed by atoms with Crippen molar-refractivity contribution in [2.45, 2.75) is 28.8 Å². The van der Waals surface area contributed by atoms with Crippen LogP contribution < -0.4 is 20.3 Å². The summed E-state index contributed by atoms with van der Waals surface area (Å²) in [4.78, 5) is 47.8. The van der Waals surface area contributed by atoms with Crippen molar-refractivity contribution >= 4 is 41.0 Å². The van der Waals surface area contributed by atoms with Gasteiger partial charge in [0.2, 0.25) is 5.91 Å². The third kappa shape index (κ3) is 4.83. The van der Waals surface area contributed by atoms with Crippen molar-refractivity contribution in [1.82, 2.24) is 20.5 Å². The molecule has 10 heteroatoms. The van der Waals surface area contributed by atoms with Gasteiger partial charge in [-0.1, -0.05) is 48.2 Å². The molecular weight excluding hydrogens is 550 g/mol. The van der Waals surface area contributed by atoms with E-state index in [9.17, 15) is 14.4 Å². The number of carbonyl (C=O) groups is 3. The Morgan fingerprint density at radius 3 is 2.40 bits per heavy atom. The maximum Gasteiger partial charge on any atom is 0.327 e. The Labute approximate surface area is 246 Å². The minimum Gasteiger partial charge on any atom is -0.457 e. The lowest BCUT2D eigenvalue weighted by molar-refractivity contribution is -0.121. The van der Waals surface area contributed by atoms with Crippen LogP contribution in [-0.4, -0.2) is 52.1 Å². The molecule has 0 aliphatic carbocycles. The number of likely N-dealkylation sites (tertiary alicyclic amines) is 1. The first-order chi connectivity index (χ1) is 20.5. The number of ether oxygens (including phenoxy) is 1. The van der Waals surface area contributed by atoms with Crippen molar-refractivity contribution in [2.75, 3.05) is 18.0 Å². The van der Waals surface area contributed by atoms with Crippen LogP contribution in [0.1, 0.15) is 28.4 Å². The largest absolute Gasteiger partial charge is 0.457 e.